The molecule has 0 spiro atoms. The maximum atomic E-state index is 13.6. The van der Waals surface area contributed by atoms with Crippen LogP contribution in [0.4, 0.5) is 10.1 Å². The first-order chi connectivity index (χ1) is 13.5. The first-order valence-electron chi connectivity index (χ1n) is 8.68. The summed E-state index contributed by atoms with van der Waals surface area (Å²) in [6.45, 7) is 1.79. The number of nitrogens with one attached hydrogen (secondary N) is 1. The van der Waals surface area contributed by atoms with Crippen LogP contribution in [0.5, 0.6) is 0 Å². The Kier molecular flexibility index (Phi) is 4.71. The SMILES string of the molecule is [2H]C([2H])(c1cccc(F)c1)c1cn(S(=O)(=O)c2ccc(C)cc2)cc1NS(=O)[O-]. The number of halogens is 1. The van der Waals surface area contributed by atoms with E-state index < -0.39 is 33.5 Å². The highest BCUT2D eigenvalue weighted by atomic mass is 32.2. The van der Waals surface area contributed by atoms with Crippen molar-refractivity contribution in [3.05, 3.63) is 83.4 Å². The van der Waals surface area contributed by atoms with Gasteiger partial charge in [0.1, 0.15) is 5.82 Å². The summed E-state index contributed by atoms with van der Waals surface area (Å²) in [5, 5.41) is 0. The van der Waals surface area contributed by atoms with Crippen LogP contribution in [0.25, 0.3) is 0 Å². The Hall–Kier alpha value is -2.49. The van der Waals surface area contributed by atoms with Crippen LogP contribution in [0, 0.1) is 12.7 Å². The van der Waals surface area contributed by atoms with Crippen LogP contribution in [0.1, 0.15) is 19.4 Å². The largest absolute Gasteiger partial charge is 0.755 e. The lowest BCUT2D eigenvalue weighted by atomic mass is 10.1. The second kappa shape index (κ2) is 7.63. The first kappa shape index (κ1) is 16.7. The van der Waals surface area contributed by atoms with Gasteiger partial charge in [0, 0.05) is 32.8 Å². The fourth-order valence-corrected chi connectivity index (χ4v) is 3.95. The van der Waals surface area contributed by atoms with Crippen LogP contribution in [-0.4, -0.2) is 21.2 Å². The van der Waals surface area contributed by atoms with E-state index in [9.17, 15) is 21.6 Å². The Balaban J connectivity index is 2.16. The Morgan fingerprint density at radius 1 is 1.22 bits per heavy atom. The molecule has 0 amide bonds. The van der Waals surface area contributed by atoms with Crippen molar-refractivity contribution in [2.45, 2.75) is 18.2 Å². The van der Waals surface area contributed by atoms with E-state index in [0.29, 0.717) is 0 Å². The van der Waals surface area contributed by atoms with Crippen molar-refractivity contribution in [3.8, 4) is 0 Å². The lowest BCUT2D eigenvalue weighted by molar-refractivity contribution is 0.542. The molecule has 27 heavy (non-hydrogen) atoms. The zero-order valence-electron chi connectivity index (χ0n) is 16.0. The van der Waals surface area contributed by atoms with Gasteiger partial charge >= 0.3 is 0 Å². The summed E-state index contributed by atoms with van der Waals surface area (Å²) in [4.78, 5) is -0.0502. The molecule has 9 heteroatoms. The van der Waals surface area contributed by atoms with Crippen LogP contribution in [0.15, 0.2) is 65.8 Å². The molecule has 0 fully saturated rings. The first-order valence-corrected chi connectivity index (χ1v) is 10.2. The predicted octanol–water partition coefficient (Wildman–Crippen LogP) is 2.97. The van der Waals surface area contributed by atoms with Crippen LogP contribution in [-0.2, 0) is 27.7 Å². The fourth-order valence-electron chi connectivity index (χ4n) is 2.39. The fraction of sp³-hybridized carbons (Fsp3) is 0.111. The summed E-state index contributed by atoms with van der Waals surface area (Å²) in [6, 6.07) is 10.7. The summed E-state index contributed by atoms with van der Waals surface area (Å²) in [6.07, 6.45) is -0.426. The molecule has 3 aromatic rings. The van der Waals surface area contributed by atoms with Crippen LogP contribution in [0.2, 0.25) is 0 Å². The maximum absolute atomic E-state index is 13.6. The zero-order valence-corrected chi connectivity index (χ0v) is 15.7. The Morgan fingerprint density at radius 2 is 1.93 bits per heavy atom. The molecule has 1 heterocycles. The number of anilines is 1. The van der Waals surface area contributed by atoms with Gasteiger partial charge in [-0.05, 0) is 42.3 Å². The number of benzene rings is 2. The van der Waals surface area contributed by atoms with Gasteiger partial charge in [0.15, 0.2) is 0 Å². The number of hydrogen-bond donors (Lipinski definition) is 1. The Labute approximate surface area is 161 Å². The van der Waals surface area contributed by atoms with E-state index in [4.69, 9.17) is 2.74 Å². The molecule has 6 nitrogen and oxygen atoms in total. The van der Waals surface area contributed by atoms with Crippen LogP contribution >= 0.6 is 0 Å². The quantitative estimate of drug-likeness (QED) is 0.634. The van der Waals surface area contributed by atoms with E-state index in [1.165, 1.54) is 24.3 Å². The smallest absolute Gasteiger partial charge is 0.267 e. The van der Waals surface area contributed by atoms with Gasteiger partial charge in [-0.3, -0.25) is 4.21 Å². The molecule has 0 bridgehead atoms. The van der Waals surface area contributed by atoms with E-state index in [0.717, 1.165) is 34.1 Å². The second-order valence-corrected chi connectivity index (χ2v) is 8.22. The van der Waals surface area contributed by atoms with Crippen molar-refractivity contribution in [2.24, 2.45) is 0 Å². The number of aromatic nitrogens is 1. The van der Waals surface area contributed by atoms with Gasteiger partial charge in [0.05, 0.1) is 10.6 Å². The summed E-state index contributed by atoms with van der Waals surface area (Å²) >= 11 is -2.83. The molecule has 3 rings (SSSR count). The predicted molar refractivity (Wildman–Crippen MR) is 99.9 cm³/mol. The van der Waals surface area contributed by atoms with Crippen molar-refractivity contribution in [1.29, 1.82) is 0 Å². The van der Waals surface area contributed by atoms with Crippen molar-refractivity contribution in [2.75, 3.05) is 4.72 Å². The summed E-state index contributed by atoms with van der Waals surface area (Å²) in [7, 11) is -4.11. The standard InChI is InChI=1S/C18H17FN2O4S2/c1-13-5-7-17(8-6-13)27(24,25)21-11-15(18(12-21)20-26(22)23)9-14-3-2-4-16(19)10-14/h2-8,10-12,20H,9H2,1H3,(H,22,23)/p-1/i9D2. The van der Waals surface area contributed by atoms with Gasteiger partial charge in [0.25, 0.3) is 10.0 Å². The van der Waals surface area contributed by atoms with E-state index >= 15 is 0 Å². The molecule has 142 valence electrons. The van der Waals surface area contributed by atoms with Crippen molar-refractivity contribution in [1.82, 2.24) is 3.97 Å². The highest BCUT2D eigenvalue weighted by molar-refractivity contribution is 7.90. The van der Waals surface area contributed by atoms with E-state index in [1.807, 2.05) is 4.72 Å². The molecule has 1 N–H and O–H groups in total. The second-order valence-electron chi connectivity index (χ2n) is 5.71. The molecular formula is C18H16FN2O4S2-. The van der Waals surface area contributed by atoms with Gasteiger partial charge in [-0.25, -0.2) is 16.8 Å². The summed E-state index contributed by atoms with van der Waals surface area (Å²) in [5.41, 5.74) is 0.206. The van der Waals surface area contributed by atoms with Crippen molar-refractivity contribution < 1.29 is 24.3 Å². The van der Waals surface area contributed by atoms with Gasteiger partial charge in [0.2, 0.25) is 0 Å². The lowest BCUT2D eigenvalue weighted by Gasteiger charge is -2.09. The van der Waals surface area contributed by atoms with Gasteiger partial charge < -0.3 is 9.27 Å². The van der Waals surface area contributed by atoms with E-state index in [2.05, 4.69) is 0 Å². The number of rotatable bonds is 6. The van der Waals surface area contributed by atoms with Crippen molar-refractivity contribution >= 4 is 27.0 Å². The normalized spacial score (nSPS) is 14.3. The molecule has 2 aromatic carbocycles. The van der Waals surface area contributed by atoms with Gasteiger partial charge in [-0.1, -0.05) is 29.8 Å². The third kappa shape index (κ3) is 4.44. The molecule has 1 unspecified atom stereocenters. The lowest BCUT2D eigenvalue weighted by Crippen LogP contribution is -2.11. The number of aryl methyl sites for hydroxylation is 1. The van der Waals surface area contributed by atoms with E-state index in [1.54, 1.807) is 19.1 Å². The highest BCUT2D eigenvalue weighted by Crippen LogP contribution is 2.25. The maximum Gasteiger partial charge on any atom is 0.267 e. The Morgan fingerprint density at radius 3 is 2.56 bits per heavy atom. The monoisotopic (exact) mass is 409 g/mol. The van der Waals surface area contributed by atoms with Gasteiger partial charge in [-0.2, -0.15) is 0 Å². The average Bonchev–Trinajstić information content (AvgIpc) is 3.07. The molecule has 0 aliphatic heterocycles. The molecule has 0 aliphatic carbocycles. The minimum atomic E-state index is -4.11. The number of hydrogen-bond acceptors (Lipinski definition) is 4. The molecule has 0 saturated heterocycles. The third-order valence-corrected chi connectivity index (χ3v) is 5.72. The van der Waals surface area contributed by atoms with Gasteiger partial charge in [-0.15, -0.1) is 0 Å². The van der Waals surface area contributed by atoms with Crippen LogP contribution < -0.4 is 4.72 Å². The minimum absolute atomic E-state index is 0.0502. The topological polar surface area (TPSA) is 91.2 Å². The molecule has 0 radical (unpaired) electrons. The molecule has 1 atom stereocenters. The minimum Gasteiger partial charge on any atom is -0.755 e. The van der Waals surface area contributed by atoms with E-state index in [-0.39, 0.29) is 21.7 Å². The summed E-state index contributed by atoms with van der Waals surface area (Å²) < 4.78 is 81.3. The van der Waals surface area contributed by atoms with Crippen LogP contribution in [0.3, 0.4) is 0 Å². The third-order valence-electron chi connectivity index (χ3n) is 3.70. The number of nitrogens with zero attached hydrogens (tertiary/aromatic N) is 1. The highest BCUT2D eigenvalue weighted by Gasteiger charge is 2.19. The molecular weight excluding hydrogens is 391 g/mol. The Bertz CT molecular complexity index is 1180. The summed E-state index contributed by atoms with van der Waals surface area (Å²) in [5.74, 6) is -0.681. The molecule has 0 aliphatic rings. The zero-order chi connectivity index (χ0) is 21.4. The molecule has 1 aromatic heterocycles. The molecule has 0 saturated carbocycles. The average molecular weight is 409 g/mol. The van der Waals surface area contributed by atoms with Crippen molar-refractivity contribution in [3.63, 3.8) is 0 Å².